The van der Waals surface area contributed by atoms with Crippen LogP contribution in [-0.4, -0.2) is 17.5 Å². The Balaban J connectivity index is 1.83. The predicted molar refractivity (Wildman–Crippen MR) is 91.8 cm³/mol. The van der Waals surface area contributed by atoms with Crippen molar-refractivity contribution in [3.63, 3.8) is 0 Å². The van der Waals surface area contributed by atoms with Crippen molar-refractivity contribution in [2.45, 2.75) is 18.9 Å². The van der Waals surface area contributed by atoms with Crippen LogP contribution in [0.4, 0.5) is 5.69 Å². The summed E-state index contributed by atoms with van der Waals surface area (Å²) >= 11 is 2.20. The molecule has 4 nitrogen and oxygen atoms in total. The molecule has 1 N–H and O–H groups in total. The number of nitrogens with one attached hydrogen (secondary N) is 1. The third-order valence-corrected chi connectivity index (χ3v) is 4.38. The summed E-state index contributed by atoms with van der Waals surface area (Å²) in [5.74, 6) is -0.779. The van der Waals surface area contributed by atoms with Crippen molar-refractivity contribution in [2.24, 2.45) is 0 Å². The van der Waals surface area contributed by atoms with E-state index in [2.05, 4.69) is 27.9 Å². The smallest absolute Gasteiger partial charge is 0.339 e. The van der Waals surface area contributed by atoms with Gasteiger partial charge in [-0.1, -0.05) is 18.2 Å². The first-order valence-corrected chi connectivity index (χ1v) is 7.94. The van der Waals surface area contributed by atoms with Crippen LogP contribution < -0.4 is 5.32 Å². The van der Waals surface area contributed by atoms with Crippen LogP contribution in [0, 0.1) is 3.57 Å². The molecular weight excluding hydrogens is 393 g/mol. The summed E-state index contributed by atoms with van der Waals surface area (Å²) in [6, 6.07) is 14.7. The Bertz CT molecular complexity index is 742. The van der Waals surface area contributed by atoms with Crippen molar-refractivity contribution in [1.82, 2.24) is 0 Å². The second-order valence-electron chi connectivity index (χ2n) is 5.42. The van der Waals surface area contributed by atoms with Crippen molar-refractivity contribution >= 4 is 40.2 Å². The largest absolute Gasteiger partial charge is 0.445 e. The number of esters is 1. The van der Waals surface area contributed by atoms with Gasteiger partial charge in [-0.05, 0) is 65.4 Å². The molecule has 1 aliphatic heterocycles. The van der Waals surface area contributed by atoms with E-state index in [9.17, 15) is 9.59 Å². The molecule has 1 atom stereocenters. The fraction of sp³-hybridized carbons (Fsp3) is 0.176. The number of hydrogen-bond acceptors (Lipinski definition) is 3. The molecule has 0 saturated carbocycles. The van der Waals surface area contributed by atoms with Gasteiger partial charge in [0.05, 0.1) is 5.56 Å². The lowest BCUT2D eigenvalue weighted by Gasteiger charge is -2.33. The third kappa shape index (κ3) is 2.85. The van der Waals surface area contributed by atoms with E-state index in [1.54, 1.807) is 19.1 Å². The Morgan fingerprint density at radius 2 is 1.86 bits per heavy atom. The Morgan fingerprint density at radius 1 is 1.18 bits per heavy atom. The zero-order valence-electron chi connectivity index (χ0n) is 11.9. The molecule has 1 aliphatic rings. The number of carbonyl (C=O) groups excluding carboxylic acids is 2. The highest BCUT2D eigenvalue weighted by Crippen LogP contribution is 2.29. The predicted octanol–water partition coefficient (Wildman–Crippen LogP) is 3.40. The van der Waals surface area contributed by atoms with Gasteiger partial charge in [0, 0.05) is 15.7 Å². The van der Waals surface area contributed by atoms with Gasteiger partial charge in [0.15, 0.2) is 5.60 Å². The number of rotatable bonds is 2. The zero-order chi connectivity index (χ0) is 15.7. The zero-order valence-corrected chi connectivity index (χ0v) is 14.1. The van der Waals surface area contributed by atoms with E-state index >= 15 is 0 Å². The molecule has 0 aromatic heterocycles. The molecule has 0 aliphatic carbocycles. The van der Waals surface area contributed by atoms with Crippen LogP contribution >= 0.6 is 22.6 Å². The summed E-state index contributed by atoms with van der Waals surface area (Å²) in [6.07, 6.45) is 0.366. The third-order valence-electron chi connectivity index (χ3n) is 3.67. The van der Waals surface area contributed by atoms with Gasteiger partial charge in [0.1, 0.15) is 0 Å². The number of cyclic esters (lactones) is 1. The number of anilines is 1. The van der Waals surface area contributed by atoms with Gasteiger partial charge < -0.3 is 10.1 Å². The van der Waals surface area contributed by atoms with Crippen LogP contribution in [0.15, 0.2) is 48.5 Å². The highest BCUT2D eigenvalue weighted by molar-refractivity contribution is 14.1. The molecule has 1 unspecified atom stereocenters. The minimum atomic E-state index is -1.20. The van der Waals surface area contributed by atoms with Crippen LogP contribution in [0.3, 0.4) is 0 Å². The second kappa shape index (κ2) is 5.72. The number of carbonyl (C=O) groups is 2. The summed E-state index contributed by atoms with van der Waals surface area (Å²) in [4.78, 5) is 24.6. The molecule has 0 fully saturated rings. The van der Waals surface area contributed by atoms with Gasteiger partial charge in [-0.2, -0.15) is 0 Å². The maximum atomic E-state index is 12.5. The number of fused-ring (bicyclic) bond motifs is 1. The fourth-order valence-corrected chi connectivity index (χ4v) is 2.82. The number of hydrogen-bond donors (Lipinski definition) is 1. The first-order valence-electron chi connectivity index (χ1n) is 6.86. The monoisotopic (exact) mass is 407 g/mol. The van der Waals surface area contributed by atoms with Crippen LogP contribution in [-0.2, 0) is 16.0 Å². The first kappa shape index (κ1) is 15.0. The average molecular weight is 407 g/mol. The van der Waals surface area contributed by atoms with Crippen molar-refractivity contribution < 1.29 is 14.3 Å². The van der Waals surface area contributed by atoms with Gasteiger partial charge in [-0.15, -0.1) is 0 Å². The van der Waals surface area contributed by atoms with Crippen LogP contribution in [0.1, 0.15) is 22.8 Å². The van der Waals surface area contributed by atoms with Gasteiger partial charge in [0.2, 0.25) is 0 Å². The van der Waals surface area contributed by atoms with Crippen LogP contribution in [0.5, 0.6) is 0 Å². The maximum absolute atomic E-state index is 12.5. The topological polar surface area (TPSA) is 55.4 Å². The van der Waals surface area contributed by atoms with E-state index in [1.807, 2.05) is 36.4 Å². The number of ether oxygens (including phenoxy) is 1. The summed E-state index contributed by atoms with van der Waals surface area (Å²) in [7, 11) is 0. The highest BCUT2D eigenvalue weighted by atomic mass is 127. The molecule has 2 aromatic rings. The molecule has 2 aromatic carbocycles. The fourth-order valence-electron chi connectivity index (χ4n) is 2.46. The Morgan fingerprint density at radius 3 is 2.59 bits per heavy atom. The van der Waals surface area contributed by atoms with Gasteiger partial charge in [-0.25, -0.2) is 4.79 Å². The standard InChI is InChI=1S/C17H14INO3/c1-17(16(21)19-13-8-6-12(18)7-9-13)10-11-4-2-3-5-14(11)15(20)22-17/h2-9H,10H2,1H3,(H,19,21). The average Bonchev–Trinajstić information content (AvgIpc) is 2.49. The summed E-state index contributed by atoms with van der Waals surface area (Å²) < 4.78 is 6.49. The molecule has 22 heavy (non-hydrogen) atoms. The molecule has 0 saturated heterocycles. The quantitative estimate of drug-likeness (QED) is 0.614. The second-order valence-corrected chi connectivity index (χ2v) is 6.66. The Kier molecular flexibility index (Phi) is 3.90. The first-order chi connectivity index (χ1) is 10.5. The normalized spacial score (nSPS) is 20.0. The van der Waals surface area contributed by atoms with E-state index in [-0.39, 0.29) is 5.91 Å². The number of amides is 1. The molecular formula is C17H14INO3. The summed E-state index contributed by atoms with van der Waals surface area (Å²) in [6.45, 7) is 1.64. The summed E-state index contributed by atoms with van der Waals surface area (Å²) in [5.41, 5.74) is 0.844. The Labute approximate surface area is 142 Å². The molecule has 1 amide bonds. The highest BCUT2D eigenvalue weighted by Gasteiger charge is 2.42. The van der Waals surface area contributed by atoms with Crippen LogP contribution in [0.25, 0.3) is 0 Å². The number of halogens is 1. The molecule has 1 heterocycles. The molecule has 0 radical (unpaired) electrons. The summed E-state index contributed by atoms with van der Waals surface area (Å²) in [5, 5.41) is 2.81. The molecule has 5 heteroatoms. The van der Waals surface area contributed by atoms with Gasteiger partial charge >= 0.3 is 5.97 Å². The SMILES string of the molecule is CC1(C(=O)Nc2ccc(I)cc2)Cc2ccccc2C(=O)O1. The molecule has 0 spiro atoms. The lowest BCUT2D eigenvalue weighted by atomic mass is 9.89. The van der Waals surface area contributed by atoms with E-state index in [0.717, 1.165) is 9.13 Å². The maximum Gasteiger partial charge on any atom is 0.339 e. The van der Waals surface area contributed by atoms with E-state index in [1.165, 1.54) is 0 Å². The lowest BCUT2D eigenvalue weighted by Crippen LogP contribution is -2.48. The minimum absolute atomic E-state index is 0.323. The van der Waals surface area contributed by atoms with E-state index in [4.69, 9.17) is 4.74 Å². The number of benzene rings is 2. The van der Waals surface area contributed by atoms with E-state index in [0.29, 0.717) is 17.7 Å². The molecule has 3 rings (SSSR count). The van der Waals surface area contributed by atoms with Crippen LogP contribution in [0.2, 0.25) is 0 Å². The lowest BCUT2D eigenvalue weighted by molar-refractivity contribution is -0.134. The van der Waals surface area contributed by atoms with E-state index < -0.39 is 11.6 Å². The minimum Gasteiger partial charge on any atom is -0.445 e. The van der Waals surface area contributed by atoms with Gasteiger partial charge in [-0.3, -0.25) is 4.79 Å². The van der Waals surface area contributed by atoms with Crippen molar-refractivity contribution in [1.29, 1.82) is 0 Å². The molecule has 0 bridgehead atoms. The van der Waals surface area contributed by atoms with Crippen molar-refractivity contribution in [3.05, 3.63) is 63.2 Å². The Hall–Kier alpha value is -1.89. The molecule has 112 valence electrons. The van der Waals surface area contributed by atoms with Crippen molar-refractivity contribution in [2.75, 3.05) is 5.32 Å². The van der Waals surface area contributed by atoms with Crippen molar-refractivity contribution in [3.8, 4) is 0 Å². The van der Waals surface area contributed by atoms with Gasteiger partial charge in [0.25, 0.3) is 5.91 Å².